The van der Waals surface area contributed by atoms with Crippen LogP contribution in [0.4, 0.5) is 4.39 Å². The lowest BCUT2D eigenvalue weighted by atomic mass is 10.1. The molecule has 3 heterocycles. The largest absolute Gasteiger partial charge is 0.493 e. The first-order valence-corrected chi connectivity index (χ1v) is 10.4. The lowest BCUT2D eigenvalue weighted by molar-refractivity contribution is 0.311. The molecule has 3 aromatic heterocycles. The van der Waals surface area contributed by atoms with Crippen LogP contribution in [0.25, 0.3) is 28.1 Å². The first-order chi connectivity index (χ1) is 15.6. The number of aromatic nitrogens is 6. The zero-order valence-corrected chi connectivity index (χ0v) is 17.6. The fourth-order valence-corrected chi connectivity index (χ4v) is 3.83. The molecule has 162 valence electrons. The Bertz CT molecular complexity index is 1490. The van der Waals surface area contributed by atoms with Gasteiger partial charge in [-0.25, -0.2) is 19.2 Å². The van der Waals surface area contributed by atoms with Crippen LogP contribution >= 0.6 is 0 Å². The molecule has 5 rings (SSSR count). The van der Waals surface area contributed by atoms with Gasteiger partial charge in [0, 0.05) is 11.6 Å². The fourth-order valence-electron chi connectivity index (χ4n) is 3.83. The molecule has 32 heavy (non-hydrogen) atoms. The molecule has 0 spiro atoms. The van der Waals surface area contributed by atoms with Crippen LogP contribution in [0.5, 0.6) is 5.75 Å². The molecule has 0 radical (unpaired) electrons. The van der Waals surface area contributed by atoms with Crippen molar-refractivity contribution in [2.24, 2.45) is 0 Å². The van der Waals surface area contributed by atoms with Gasteiger partial charge >= 0.3 is 5.69 Å². The summed E-state index contributed by atoms with van der Waals surface area (Å²) in [5, 5.41) is 0. The van der Waals surface area contributed by atoms with Crippen molar-refractivity contribution in [3.8, 4) is 11.7 Å². The number of ether oxygens (including phenoxy) is 1. The molecule has 1 N–H and O–H groups in total. The van der Waals surface area contributed by atoms with Crippen LogP contribution in [-0.2, 0) is 0 Å². The summed E-state index contributed by atoms with van der Waals surface area (Å²) in [6.07, 6.45) is 3.97. The Morgan fingerprint density at radius 2 is 2.03 bits per heavy atom. The van der Waals surface area contributed by atoms with Crippen molar-refractivity contribution in [2.45, 2.75) is 26.3 Å². The highest BCUT2D eigenvalue weighted by Crippen LogP contribution is 2.29. The molecular formula is C23H21FN6O2. The van der Waals surface area contributed by atoms with E-state index in [1.54, 1.807) is 21.4 Å². The minimum absolute atomic E-state index is 0.293. The number of hydrogen-bond donors (Lipinski definition) is 1. The Hall–Kier alpha value is -4.01. The van der Waals surface area contributed by atoms with E-state index in [-0.39, 0.29) is 17.5 Å². The van der Waals surface area contributed by atoms with Gasteiger partial charge in [-0.1, -0.05) is 25.1 Å². The summed E-state index contributed by atoms with van der Waals surface area (Å²) in [6.45, 7) is 4.55. The van der Waals surface area contributed by atoms with Crippen LogP contribution in [0.2, 0.25) is 0 Å². The van der Waals surface area contributed by atoms with E-state index in [1.807, 2.05) is 38.1 Å². The number of halogens is 1. The molecule has 0 fully saturated rings. The summed E-state index contributed by atoms with van der Waals surface area (Å²) in [5.74, 6) is 0.644. The highest BCUT2D eigenvalue weighted by atomic mass is 19.1. The Morgan fingerprint density at radius 3 is 2.88 bits per heavy atom. The summed E-state index contributed by atoms with van der Waals surface area (Å²) in [5.41, 5.74) is 2.69. The first kappa shape index (κ1) is 19.9. The molecule has 0 aliphatic rings. The van der Waals surface area contributed by atoms with E-state index in [0.29, 0.717) is 34.8 Å². The zero-order chi connectivity index (χ0) is 22.2. The molecule has 0 aliphatic carbocycles. The second kappa shape index (κ2) is 7.92. The molecule has 5 aromatic rings. The van der Waals surface area contributed by atoms with Crippen LogP contribution in [0.3, 0.4) is 0 Å². The van der Waals surface area contributed by atoms with Crippen molar-refractivity contribution in [1.29, 1.82) is 0 Å². The third kappa shape index (κ3) is 3.31. The Kier molecular flexibility index (Phi) is 4.93. The lowest BCUT2D eigenvalue weighted by Gasteiger charge is -2.18. The summed E-state index contributed by atoms with van der Waals surface area (Å²) in [7, 11) is 0. The molecule has 0 bridgehead atoms. The van der Waals surface area contributed by atoms with Gasteiger partial charge in [0.15, 0.2) is 5.65 Å². The predicted octanol–water partition coefficient (Wildman–Crippen LogP) is 4.00. The maximum absolute atomic E-state index is 13.8. The number of nitrogens with zero attached hydrogens (tertiary/aromatic N) is 5. The van der Waals surface area contributed by atoms with Gasteiger partial charge in [0.2, 0.25) is 5.95 Å². The number of nitrogens with one attached hydrogen (secondary N) is 1. The third-order valence-electron chi connectivity index (χ3n) is 5.39. The van der Waals surface area contributed by atoms with Crippen LogP contribution < -0.4 is 10.4 Å². The van der Waals surface area contributed by atoms with Gasteiger partial charge in [-0.2, -0.15) is 4.98 Å². The van der Waals surface area contributed by atoms with Crippen LogP contribution in [0, 0.1) is 5.82 Å². The topological polar surface area (TPSA) is 90.6 Å². The number of benzene rings is 2. The Morgan fingerprint density at radius 1 is 1.19 bits per heavy atom. The highest BCUT2D eigenvalue weighted by Gasteiger charge is 2.20. The molecule has 0 amide bonds. The number of H-pyrrole nitrogens is 1. The second-order valence-electron chi connectivity index (χ2n) is 7.52. The molecule has 1 atom stereocenters. The molecule has 2 aromatic carbocycles. The average Bonchev–Trinajstić information content (AvgIpc) is 3.36. The fraction of sp³-hybridized carbons (Fsp3) is 0.217. The normalized spacial score (nSPS) is 12.5. The van der Waals surface area contributed by atoms with Crippen LogP contribution in [0.1, 0.15) is 31.9 Å². The van der Waals surface area contributed by atoms with E-state index >= 15 is 0 Å². The van der Waals surface area contributed by atoms with Gasteiger partial charge in [-0.3, -0.25) is 9.13 Å². The van der Waals surface area contributed by atoms with E-state index in [9.17, 15) is 9.18 Å². The van der Waals surface area contributed by atoms with Crippen LogP contribution in [0.15, 0.2) is 59.8 Å². The standard InChI is InChI=1S/C23H21FN6O2/c1-3-10-32-20-7-5-4-6-16(20)14(2)30-21-18(27-23(30)31)12-25-22(28-21)29-13-26-17-9-8-15(24)11-19(17)29/h4-9,11-14H,3,10H2,1-2H3,(H,27,31). The van der Waals surface area contributed by atoms with E-state index < -0.39 is 0 Å². The number of fused-ring (bicyclic) bond motifs is 2. The number of imidazole rings is 2. The monoisotopic (exact) mass is 432 g/mol. The molecule has 0 saturated carbocycles. The molecular weight excluding hydrogens is 411 g/mol. The Labute approximate surface area is 182 Å². The van der Waals surface area contributed by atoms with Crippen molar-refractivity contribution in [2.75, 3.05) is 6.61 Å². The van der Waals surface area contributed by atoms with Crippen LogP contribution in [-0.4, -0.2) is 35.7 Å². The second-order valence-corrected chi connectivity index (χ2v) is 7.52. The minimum Gasteiger partial charge on any atom is -0.493 e. The SMILES string of the molecule is CCCOc1ccccc1C(C)n1c(=O)[nH]c2cnc(-n3cnc4ccc(F)cc43)nc21. The van der Waals surface area contributed by atoms with Gasteiger partial charge in [0.1, 0.15) is 23.4 Å². The van der Waals surface area contributed by atoms with Gasteiger partial charge < -0.3 is 9.72 Å². The van der Waals surface area contributed by atoms with Gasteiger partial charge in [-0.05, 0) is 31.5 Å². The minimum atomic E-state index is -0.379. The Balaban J connectivity index is 1.64. The summed E-state index contributed by atoms with van der Waals surface area (Å²) < 4.78 is 22.9. The van der Waals surface area contributed by atoms with Gasteiger partial charge in [0.25, 0.3) is 0 Å². The van der Waals surface area contributed by atoms with E-state index in [1.165, 1.54) is 18.5 Å². The lowest BCUT2D eigenvalue weighted by Crippen LogP contribution is -2.22. The number of aromatic amines is 1. The molecule has 0 saturated heterocycles. The van der Waals surface area contributed by atoms with E-state index in [4.69, 9.17) is 4.74 Å². The molecule has 0 aliphatic heterocycles. The number of rotatable bonds is 6. The van der Waals surface area contributed by atoms with Crippen molar-refractivity contribution >= 4 is 22.2 Å². The van der Waals surface area contributed by atoms with Crippen molar-refractivity contribution < 1.29 is 9.13 Å². The van der Waals surface area contributed by atoms with Gasteiger partial charge in [-0.15, -0.1) is 0 Å². The zero-order valence-electron chi connectivity index (χ0n) is 17.6. The predicted molar refractivity (Wildman–Crippen MR) is 119 cm³/mol. The molecule has 9 heteroatoms. The first-order valence-electron chi connectivity index (χ1n) is 10.4. The van der Waals surface area contributed by atoms with E-state index in [2.05, 4.69) is 19.9 Å². The summed E-state index contributed by atoms with van der Waals surface area (Å²) in [4.78, 5) is 29.0. The summed E-state index contributed by atoms with van der Waals surface area (Å²) in [6, 6.07) is 11.6. The quantitative estimate of drug-likeness (QED) is 0.438. The van der Waals surface area contributed by atoms with E-state index in [0.717, 1.165) is 17.7 Å². The molecule has 1 unspecified atom stereocenters. The highest BCUT2D eigenvalue weighted by molar-refractivity contribution is 5.77. The number of para-hydroxylation sites is 1. The van der Waals surface area contributed by atoms with Crippen molar-refractivity contribution in [3.63, 3.8) is 0 Å². The maximum Gasteiger partial charge on any atom is 0.328 e. The van der Waals surface area contributed by atoms with Crippen molar-refractivity contribution in [3.05, 3.63) is 76.9 Å². The van der Waals surface area contributed by atoms with Gasteiger partial charge in [0.05, 0.1) is 29.9 Å². The average molecular weight is 432 g/mol. The molecule has 8 nitrogen and oxygen atoms in total. The maximum atomic E-state index is 13.8. The number of hydrogen-bond acceptors (Lipinski definition) is 5. The summed E-state index contributed by atoms with van der Waals surface area (Å²) >= 11 is 0. The smallest absolute Gasteiger partial charge is 0.328 e. The van der Waals surface area contributed by atoms with Crippen molar-refractivity contribution in [1.82, 2.24) is 29.1 Å². The third-order valence-corrected chi connectivity index (χ3v) is 5.39.